The van der Waals surface area contributed by atoms with Crippen molar-refractivity contribution >= 4 is 11.9 Å². The van der Waals surface area contributed by atoms with E-state index in [1.54, 1.807) is 6.92 Å². The van der Waals surface area contributed by atoms with Crippen LogP contribution in [-0.4, -0.2) is 44.1 Å². The van der Waals surface area contributed by atoms with Crippen LogP contribution in [0, 0.1) is 0 Å². The SMILES string of the molecule is CCCC(O)(CC(O)C(=O)O)C(=O)O. The fraction of sp³-hybridized carbons (Fsp3) is 0.750. The van der Waals surface area contributed by atoms with Crippen LogP contribution < -0.4 is 0 Å². The van der Waals surface area contributed by atoms with Gasteiger partial charge < -0.3 is 20.4 Å². The van der Waals surface area contributed by atoms with Gasteiger partial charge in [0.25, 0.3) is 0 Å². The predicted molar refractivity (Wildman–Crippen MR) is 45.8 cm³/mol. The van der Waals surface area contributed by atoms with Crippen molar-refractivity contribution in [3.8, 4) is 0 Å². The molecule has 0 amide bonds. The van der Waals surface area contributed by atoms with E-state index in [2.05, 4.69) is 0 Å². The Hall–Kier alpha value is -1.14. The highest BCUT2D eigenvalue weighted by molar-refractivity contribution is 5.79. The Morgan fingerprint density at radius 1 is 1.36 bits per heavy atom. The zero-order chi connectivity index (χ0) is 11.4. The number of hydrogen-bond acceptors (Lipinski definition) is 4. The second kappa shape index (κ2) is 4.92. The van der Waals surface area contributed by atoms with E-state index in [1.165, 1.54) is 0 Å². The maximum Gasteiger partial charge on any atom is 0.335 e. The first-order valence-corrected chi connectivity index (χ1v) is 4.20. The van der Waals surface area contributed by atoms with Crippen LogP contribution in [0.5, 0.6) is 0 Å². The third-order valence-corrected chi connectivity index (χ3v) is 1.88. The molecule has 6 nitrogen and oxygen atoms in total. The van der Waals surface area contributed by atoms with Crippen LogP contribution >= 0.6 is 0 Å². The first kappa shape index (κ1) is 12.9. The van der Waals surface area contributed by atoms with Gasteiger partial charge in [-0.2, -0.15) is 0 Å². The van der Waals surface area contributed by atoms with Crippen LogP contribution in [0.1, 0.15) is 26.2 Å². The summed E-state index contributed by atoms with van der Waals surface area (Å²) in [5, 5.41) is 35.4. The second-order valence-corrected chi connectivity index (χ2v) is 3.14. The van der Waals surface area contributed by atoms with Gasteiger partial charge in [0.1, 0.15) is 0 Å². The minimum Gasteiger partial charge on any atom is -0.479 e. The van der Waals surface area contributed by atoms with Gasteiger partial charge in [-0.1, -0.05) is 13.3 Å². The summed E-state index contributed by atoms with van der Waals surface area (Å²) in [5.41, 5.74) is -2.16. The van der Waals surface area contributed by atoms with E-state index >= 15 is 0 Å². The van der Waals surface area contributed by atoms with Crippen LogP contribution in [-0.2, 0) is 9.59 Å². The zero-order valence-corrected chi connectivity index (χ0v) is 7.80. The fourth-order valence-electron chi connectivity index (χ4n) is 1.12. The molecule has 0 aromatic heterocycles. The molecule has 4 N–H and O–H groups in total. The number of aliphatic carboxylic acids is 2. The Bertz CT molecular complexity index is 226. The van der Waals surface area contributed by atoms with E-state index in [0.29, 0.717) is 6.42 Å². The molecular weight excluding hydrogens is 192 g/mol. The van der Waals surface area contributed by atoms with Gasteiger partial charge in [-0.05, 0) is 6.42 Å². The average molecular weight is 206 g/mol. The van der Waals surface area contributed by atoms with Gasteiger partial charge in [0.15, 0.2) is 11.7 Å². The third-order valence-electron chi connectivity index (χ3n) is 1.88. The number of carbonyl (C=O) groups is 2. The van der Waals surface area contributed by atoms with E-state index in [-0.39, 0.29) is 6.42 Å². The number of rotatable bonds is 6. The quantitative estimate of drug-likeness (QED) is 0.463. The normalized spacial score (nSPS) is 17.1. The van der Waals surface area contributed by atoms with E-state index in [4.69, 9.17) is 15.3 Å². The summed E-state index contributed by atoms with van der Waals surface area (Å²) in [5.74, 6) is -3.06. The van der Waals surface area contributed by atoms with Gasteiger partial charge in [-0.15, -0.1) is 0 Å². The molecule has 0 aromatic rings. The minimum absolute atomic E-state index is 0.0906. The zero-order valence-electron chi connectivity index (χ0n) is 7.80. The molecule has 0 spiro atoms. The van der Waals surface area contributed by atoms with Gasteiger partial charge in [-0.3, -0.25) is 0 Å². The maximum atomic E-state index is 10.6. The number of aliphatic hydroxyl groups is 2. The van der Waals surface area contributed by atoms with E-state index < -0.39 is 30.1 Å². The van der Waals surface area contributed by atoms with Crippen molar-refractivity contribution in [3.05, 3.63) is 0 Å². The number of aliphatic hydroxyl groups excluding tert-OH is 1. The second-order valence-electron chi connectivity index (χ2n) is 3.14. The van der Waals surface area contributed by atoms with Crippen LogP contribution in [0.2, 0.25) is 0 Å². The Morgan fingerprint density at radius 2 is 1.86 bits per heavy atom. The lowest BCUT2D eigenvalue weighted by atomic mass is 9.91. The molecule has 0 aliphatic carbocycles. The van der Waals surface area contributed by atoms with Crippen molar-refractivity contribution in [2.75, 3.05) is 0 Å². The molecule has 2 atom stereocenters. The van der Waals surface area contributed by atoms with E-state index in [0.717, 1.165) is 0 Å². The van der Waals surface area contributed by atoms with Gasteiger partial charge in [0, 0.05) is 6.42 Å². The van der Waals surface area contributed by atoms with Crippen molar-refractivity contribution in [1.29, 1.82) is 0 Å². The fourth-order valence-corrected chi connectivity index (χ4v) is 1.12. The molecule has 0 saturated heterocycles. The predicted octanol–water partition coefficient (Wildman–Crippen LogP) is -0.562. The van der Waals surface area contributed by atoms with Crippen LogP contribution in [0.3, 0.4) is 0 Å². The molecule has 14 heavy (non-hydrogen) atoms. The molecule has 0 aliphatic heterocycles. The highest BCUT2D eigenvalue weighted by atomic mass is 16.4. The summed E-state index contributed by atoms with van der Waals surface area (Å²) in [6.07, 6.45) is -2.27. The van der Waals surface area contributed by atoms with Crippen molar-refractivity contribution in [2.45, 2.75) is 37.9 Å². The van der Waals surface area contributed by atoms with Crippen molar-refractivity contribution in [1.82, 2.24) is 0 Å². The monoisotopic (exact) mass is 206 g/mol. The van der Waals surface area contributed by atoms with Crippen molar-refractivity contribution in [2.24, 2.45) is 0 Å². The topological polar surface area (TPSA) is 115 Å². The summed E-state index contributed by atoms with van der Waals surface area (Å²) in [6, 6.07) is 0. The highest BCUT2D eigenvalue weighted by Crippen LogP contribution is 2.20. The van der Waals surface area contributed by atoms with E-state index in [1.807, 2.05) is 0 Å². The van der Waals surface area contributed by atoms with Gasteiger partial charge in [-0.25, -0.2) is 9.59 Å². The molecule has 0 aliphatic rings. The average Bonchev–Trinajstić information content (AvgIpc) is 2.03. The first-order valence-electron chi connectivity index (χ1n) is 4.20. The Kier molecular flexibility index (Phi) is 4.52. The number of carboxylic acids is 2. The van der Waals surface area contributed by atoms with Crippen molar-refractivity contribution in [3.63, 3.8) is 0 Å². The highest BCUT2D eigenvalue weighted by Gasteiger charge is 2.38. The molecule has 82 valence electrons. The molecular formula is C8H14O6. The summed E-state index contributed by atoms with van der Waals surface area (Å²) < 4.78 is 0. The molecule has 0 heterocycles. The molecule has 0 aromatic carbocycles. The first-order chi connectivity index (χ1) is 6.33. The summed E-state index contributed by atoms with van der Waals surface area (Å²) in [4.78, 5) is 20.9. The summed E-state index contributed by atoms with van der Waals surface area (Å²) in [7, 11) is 0. The third kappa shape index (κ3) is 3.31. The molecule has 6 heteroatoms. The lowest BCUT2D eigenvalue weighted by Crippen LogP contribution is -2.43. The lowest BCUT2D eigenvalue weighted by Gasteiger charge is -2.23. The molecule has 2 unspecified atom stereocenters. The van der Waals surface area contributed by atoms with Crippen LogP contribution in [0.25, 0.3) is 0 Å². The Balaban J connectivity index is 4.52. The van der Waals surface area contributed by atoms with Gasteiger partial charge >= 0.3 is 11.9 Å². The lowest BCUT2D eigenvalue weighted by molar-refractivity contribution is -0.166. The molecule has 0 radical (unpaired) electrons. The van der Waals surface area contributed by atoms with Crippen LogP contribution in [0.4, 0.5) is 0 Å². The standard InChI is InChI=1S/C8H14O6/c1-2-3-8(14,7(12)13)4-5(9)6(10)11/h5,9,14H,2-4H2,1H3,(H,10,11)(H,12,13). The number of carboxylic acid groups (broad SMARTS) is 2. The smallest absolute Gasteiger partial charge is 0.335 e. The molecule has 0 bridgehead atoms. The van der Waals surface area contributed by atoms with Crippen molar-refractivity contribution < 1.29 is 30.0 Å². The molecule has 0 fully saturated rings. The summed E-state index contributed by atoms with van der Waals surface area (Å²) >= 11 is 0. The summed E-state index contributed by atoms with van der Waals surface area (Å²) in [6.45, 7) is 1.65. The molecule has 0 saturated carbocycles. The van der Waals surface area contributed by atoms with Gasteiger partial charge in [0.05, 0.1) is 0 Å². The Morgan fingerprint density at radius 3 is 2.14 bits per heavy atom. The van der Waals surface area contributed by atoms with Gasteiger partial charge in [0.2, 0.25) is 0 Å². The number of hydrogen-bond donors (Lipinski definition) is 4. The van der Waals surface area contributed by atoms with E-state index in [9.17, 15) is 14.7 Å². The Labute approximate surface area is 80.8 Å². The van der Waals surface area contributed by atoms with Crippen LogP contribution in [0.15, 0.2) is 0 Å². The minimum atomic E-state index is -2.16. The largest absolute Gasteiger partial charge is 0.479 e. The molecule has 0 rings (SSSR count). The maximum absolute atomic E-state index is 10.6.